The summed E-state index contributed by atoms with van der Waals surface area (Å²) < 4.78 is 0. The fourth-order valence-corrected chi connectivity index (χ4v) is 3.22. The molecule has 0 aliphatic carbocycles. The highest BCUT2D eigenvalue weighted by Gasteiger charge is 2.31. The number of carbonyl (C=O) groups is 6. The lowest BCUT2D eigenvalue weighted by molar-refractivity contribution is -0.142. The number of hydrogen-bond acceptors (Lipinski definition) is 8. The van der Waals surface area contributed by atoms with Crippen molar-refractivity contribution in [2.45, 2.75) is 96.4 Å². The standard InChI is InChI=1S/C23H42N6O8/c1-12(2)11-17(29-21(34)16(8-9-18(30)31)27-19(32)13(3)25)22(35)28-15(7-5-6-10-24)20(33)26-14(4)23(36)37/h12-17H,5-11,24-25H2,1-4H3,(H,26,33)(H,27,32)(H,28,35)(H,29,34)(H,30,31)(H,36,37)/t13-,14+,15-,16-,17-/m1/s1. The average Bonchev–Trinajstić information content (AvgIpc) is 2.79. The van der Waals surface area contributed by atoms with Gasteiger partial charge in [-0.05, 0) is 58.4 Å². The third-order valence-corrected chi connectivity index (χ3v) is 5.34. The minimum absolute atomic E-state index is 0.0660. The third-order valence-electron chi connectivity index (χ3n) is 5.34. The van der Waals surface area contributed by atoms with Crippen molar-refractivity contribution in [3.63, 3.8) is 0 Å². The van der Waals surface area contributed by atoms with Gasteiger partial charge in [-0.3, -0.25) is 28.8 Å². The lowest BCUT2D eigenvalue weighted by Gasteiger charge is -2.26. The minimum Gasteiger partial charge on any atom is -0.481 e. The molecule has 10 N–H and O–H groups in total. The number of aliphatic carboxylic acids is 2. The lowest BCUT2D eigenvalue weighted by Crippen LogP contribution is -2.58. The molecule has 0 heterocycles. The summed E-state index contributed by atoms with van der Waals surface area (Å²) in [6, 6.07) is -5.58. The highest BCUT2D eigenvalue weighted by molar-refractivity contribution is 5.95. The SMILES string of the molecule is CC(C)C[C@@H](NC(=O)[C@@H](CCC(=O)O)NC(=O)[C@@H](C)N)C(=O)N[C@H](CCCCN)C(=O)N[C@@H](C)C(=O)O. The van der Waals surface area contributed by atoms with Gasteiger partial charge in [-0.2, -0.15) is 0 Å². The molecule has 0 fully saturated rings. The summed E-state index contributed by atoms with van der Waals surface area (Å²) in [5.41, 5.74) is 11.0. The van der Waals surface area contributed by atoms with Crippen LogP contribution in [0.1, 0.15) is 66.2 Å². The maximum Gasteiger partial charge on any atom is 0.325 e. The number of carboxylic acid groups (broad SMARTS) is 2. The second-order valence-electron chi connectivity index (χ2n) is 9.39. The summed E-state index contributed by atoms with van der Waals surface area (Å²) in [5, 5.41) is 27.9. The predicted octanol–water partition coefficient (Wildman–Crippen LogP) is -1.58. The van der Waals surface area contributed by atoms with Crippen molar-refractivity contribution in [2.75, 3.05) is 6.54 Å². The van der Waals surface area contributed by atoms with Crippen molar-refractivity contribution >= 4 is 35.6 Å². The normalized spacial score (nSPS) is 15.0. The number of nitrogens with one attached hydrogen (secondary N) is 4. The summed E-state index contributed by atoms with van der Waals surface area (Å²) >= 11 is 0. The maximum absolute atomic E-state index is 13.2. The molecule has 4 amide bonds. The first-order chi connectivity index (χ1) is 17.2. The van der Waals surface area contributed by atoms with E-state index in [0.717, 1.165) is 0 Å². The van der Waals surface area contributed by atoms with E-state index in [1.54, 1.807) is 0 Å². The van der Waals surface area contributed by atoms with Crippen molar-refractivity contribution in [1.29, 1.82) is 0 Å². The van der Waals surface area contributed by atoms with E-state index in [1.807, 2.05) is 13.8 Å². The smallest absolute Gasteiger partial charge is 0.325 e. The molecule has 0 unspecified atom stereocenters. The number of carbonyl (C=O) groups excluding carboxylic acids is 4. The molecule has 0 bridgehead atoms. The molecule has 0 aromatic rings. The van der Waals surface area contributed by atoms with Gasteiger partial charge in [0.25, 0.3) is 0 Å². The van der Waals surface area contributed by atoms with Gasteiger partial charge in [-0.1, -0.05) is 13.8 Å². The first kappa shape index (κ1) is 33.7. The van der Waals surface area contributed by atoms with Crippen LogP contribution in [0.15, 0.2) is 0 Å². The van der Waals surface area contributed by atoms with Crippen LogP contribution in [0.3, 0.4) is 0 Å². The second-order valence-corrected chi connectivity index (χ2v) is 9.39. The summed E-state index contributed by atoms with van der Waals surface area (Å²) in [5.74, 6) is -5.31. The van der Waals surface area contributed by atoms with E-state index in [9.17, 15) is 28.8 Å². The zero-order valence-electron chi connectivity index (χ0n) is 21.9. The summed E-state index contributed by atoms with van der Waals surface area (Å²) in [6.45, 7) is 6.68. The Bertz CT molecular complexity index is 804. The second kappa shape index (κ2) is 17.2. The average molecular weight is 531 g/mol. The van der Waals surface area contributed by atoms with E-state index < -0.39 is 72.2 Å². The first-order valence-corrected chi connectivity index (χ1v) is 12.3. The maximum atomic E-state index is 13.2. The molecule has 14 heteroatoms. The van der Waals surface area contributed by atoms with Crippen LogP contribution in [0.2, 0.25) is 0 Å². The molecule has 0 rings (SSSR count). The van der Waals surface area contributed by atoms with Crippen molar-refractivity contribution in [1.82, 2.24) is 21.3 Å². The van der Waals surface area contributed by atoms with Gasteiger partial charge in [0.2, 0.25) is 23.6 Å². The highest BCUT2D eigenvalue weighted by Crippen LogP contribution is 2.09. The molecule has 212 valence electrons. The molecule has 37 heavy (non-hydrogen) atoms. The Hall–Kier alpha value is -3.26. The van der Waals surface area contributed by atoms with Crippen molar-refractivity contribution in [3.05, 3.63) is 0 Å². The third kappa shape index (κ3) is 14.2. The van der Waals surface area contributed by atoms with E-state index in [2.05, 4.69) is 21.3 Å². The van der Waals surface area contributed by atoms with E-state index in [4.69, 9.17) is 21.7 Å². The lowest BCUT2D eigenvalue weighted by atomic mass is 10.0. The van der Waals surface area contributed by atoms with Gasteiger partial charge in [0.15, 0.2) is 0 Å². The molecule has 5 atom stereocenters. The van der Waals surface area contributed by atoms with Crippen LogP contribution in [0, 0.1) is 5.92 Å². The fraction of sp³-hybridized carbons (Fsp3) is 0.739. The molecular weight excluding hydrogens is 488 g/mol. The van der Waals surface area contributed by atoms with Gasteiger partial charge in [0.1, 0.15) is 24.2 Å². The summed E-state index contributed by atoms with van der Waals surface area (Å²) in [7, 11) is 0. The monoisotopic (exact) mass is 530 g/mol. The molecule has 0 aromatic heterocycles. The summed E-state index contributed by atoms with van der Waals surface area (Å²) in [4.78, 5) is 73.0. The van der Waals surface area contributed by atoms with E-state index in [-0.39, 0.29) is 25.2 Å². The zero-order valence-corrected chi connectivity index (χ0v) is 21.9. The van der Waals surface area contributed by atoms with Crippen LogP contribution in [0.25, 0.3) is 0 Å². The quantitative estimate of drug-likeness (QED) is 0.0945. The Kier molecular flexibility index (Phi) is 15.7. The Morgan fingerprint density at radius 1 is 0.703 bits per heavy atom. The molecule has 0 saturated carbocycles. The van der Waals surface area contributed by atoms with Crippen LogP contribution < -0.4 is 32.7 Å². The Balaban J connectivity index is 5.70. The molecule has 0 aliphatic rings. The molecule has 14 nitrogen and oxygen atoms in total. The topological polar surface area (TPSA) is 243 Å². The predicted molar refractivity (Wildman–Crippen MR) is 134 cm³/mol. The van der Waals surface area contributed by atoms with Gasteiger partial charge in [0, 0.05) is 6.42 Å². The van der Waals surface area contributed by atoms with Gasteiger partial charge in [-0.15, -0.1) is 0 Å². The fourth-order valence-electron chi connectivity index (χ4n) is 3.22. The van der Waals surface area contributed by atoms with Crippen LogP contribution in [-0.2, 0) is 28.8 Å². The van der Waals surface area contributed by atoms with Crippen molar-refractivity contribution in [2.24, 2.45) is 17.4 Å². The molecule has 0 aliphatic heterocycles. The number of carboxylic acids is 2. The molecule has 0 radical (unpaired) electrons. The first-order valence-electron chi connectivity index (χ1n) is 12.3. The number of amides is 4. The zero-order chi connectivity index (χ0) is 28.7. The Labute approximate surface area is 216 Å². The van der Waals surface area contributed by atoms with E-state index in [1.165, 1.54) is 13.8 Å². The van der Waals surface area contributed by atoms with Gasteiger partial charge in [-0.25, -0.2) is 0 Å². The van der Waals surface area contributed by atoms with Crippen LogP contribution in [0.4, 0.5) is 0 Å². The van der Waals surface area contributed by atoms with Crippen LogP contribution >= 0.6 is 0 Å². The van der Waals surface area contributed by atoms with Crippen LogP contribution in [-0.4, -0.2) is 82.5 Å². The van der Waals surface area contributed by atoms with Gasteiger partial charge < -0.3 is 42.9 Å². The minimum atomic E-state index is -1.25. The van der Waals surface area contributed by atoms with Crippen molar-refractivity contribution in [3.8, 4) is 0 Å². The highest BCUT2D eigenvalue weighted by atomic mass is 16.4. The van der Waals surface area contributed by atoms with Crippen LogP contribution in [0.5, 0.6) is 0 Å². The Morgan fingerprint density at radius 2 is 1.19 bits per heavy atom. The van der Waals surface area contributed by atoms with E-state index >= 15 is 0 Å². The van der Waals surface area contributed by atoms with Gasteiger partial charge >= 0.3 is 11.9 Å². The molecular formula is C23H42N6O8. The van der Waals surface area contributed by atoms with Crippen molar-refractivity contribution < 1.29 is 39.0 Å². The summed E-state index contributed by atoms with van der Waals surface area (Å²) in [6.07, 6.45) is 0.779. The molecule has 0 aromatic carbocycles. The van der Waals surface area contributed by atoms with Gasteiger partial charge in [0.05, 0.1) is 6.04 Å². The Morgan fingerprint density at radius 3 is 1.68 bits per heavy atom. The number of nitrogens with two attached hydrogens (primary N) is 2. The number of rotatable bonds is 18. The molecule has 0 saturated heterocycles. The molecule has 0 spiro atoms. The van der Waals surface area contributed by atoms with E-state index in [0.29, 0.717) is 19.4 Å². The number of unbranched alkanes of at least 4 members (excludes halogenated alkanes) is 1. The number of hydrogen-bond donors (Lipinski definition) is 8. The largest absolute Gasteiger partial charge is 0.481 e.